The Balaban J connectivity index is 1.83. The van der Waals surface area contributed by atoms with Crippen LogP contribution < -0.4 is 9.47 Å². The van der Waals surface area contributed by atoms with Gasteiger partial charge in [0.25, 0.3) is 11.2 Å². The number of cyclic esters (lactones) is 1. The van der Waals surface area contributed by atoms with E-state index in [1.54, 1.807) is 0 Å². The zero-order valence-electron chi connectivity index (χ0n) is 26.4. The maximum absolute atomic E-state index is 14.6. The highest BCUT2D eigenvalue weighted by Crippen LogP contribution is 2.51. The molecular weight excluding hydrogens is 654 g/mol. The monoisotopic (exact) mass is 684 g/mol. The van der Waals surface area contributed by atoms with Crippen LogP contribution in [-0.4, -0.2) is 57.7 Å². The number of ether oxygens (including phenoxy) is 6. The Bertz CT molecular complexity index is 1690. The summed E-state index contributed by atoms with van der Waals surface area (Å²) in [6.07, 6.45) is -12.4. The fourth-order valence-corrected chi connectivity index (χ4v) is 5.73. The van der Waals surface area contributed by atoms with Gasteiger partial charge in [0.05, 0.1) is 7.11 Å². The first-order valence-electron chi connectivity index (χ1n) is 14.1. The van der Waals surface area contributed by atoms with Crippen LogP contribution in [-0.2, 0) is 45.3 Å². The molecule has 0 saturated heterocycles. The molecular formula is C33H30F6O9. The van der Waals surface area contributed by atoms with Crippen LogP contribution in [0.25, 0.3) is 0 Å². The van der Waals surface area contributed by atoms with Gasteiger partial charge in [-0.1, -0.05) is 60.7 Å². The summed E-state index contributed by atoms with van der Waals surface area (Å²) in [6, 6.07) is 12.9. The van der Waals surface area contributed by atoms with Crippen molar-refractivity contribution in [3.05, 3.63) is 94.5 Å². The number of esters is 3. The molecule has 48 heavy (non-hydrogen) atoms. The van der Waals surface area contributed by atoms with E-state index in [-0.39, 0.29) is 16.9 Å². The average Bonchev–Trinajstić information content (AvgIpc) is 3.31. The number of hydrogen-bond acceptors (Lipinski definition) is 9. The lowest BCUT2D eigenvalue weighted by Crippen LogP contribution is -2.53. The number of carbonyl (C=O) groups is 3. The first kappa shape index (κ1) is 36.2. The molecule has 0 bridgehead atoms. The number of carbonyl (C=O) groups excluding carboxylic acids is 3. The third-order valence-electron chi connectivity index (χ3n) is 8.34. The Morgan fingerprint density at radius 3 is 1.65 bits per heavy atom. The summed E-state index contributed by atoms with van der Waals surface area (Å²) in [5.41, 5.74) is -11.1. The maximum Gasteiger partial charge on any atom is 0.432 e. The molecule has 0 aliphatic carbocycles. The second kappa shape index (κ2) is 12.8. The molecule has 0 saturated carbocycles. The minimum Gasteiger partial charge on any atom is -0.496 e. The first-order valence-corrected chi connectivity index (χ1v) is 14.1. The third kappa shape index (κ3) is 5.53. The van der Waals surface area contributed by atoms with Crippen LogP contribution in [0.4, 0.5) is 26.3 Å². The van der Waals surface area contributed by atoms with E-state index in [1.165, 1.54) is 57.4 Å². The summed E-state index contributed by atoms with van der Waals surface area (Å²) >= 11 is 0. The molecule has 1 aliphatic heterocycles. The molecule has 0 aromatic heterocycles. The van der Waals surface area contributed by atoms with E-state index in [0.29, 0.717) is 14.2 Å². The van der Waals surface area contributed by atoms with Gasteiger partial charge in [0.2, 0.25) is 0 Å². The van der Waals surface area contributed by atoms with E-state index in [0.717, 1.165) is 37.3 Å². The zero-order chi connectivity index (χ0) is 35.9. The molecule has 15 heteroatoms. The van der Waals surface area contributed by atoms with E-state index in [9.17, 15) is 40.7 Å². The molecule has 3 aromatic rings. The number of hydrogen-bond donors (Lipinski definition) is 0. The van der Waals surface area contributed by atoms with Crippen molar-refractivity contribution in [1.82, 2.24) is 0 Å². The summed E-state index contributed by atoms with van der Waals surface area (Å²) in [5, 5.41) is 0. The third-order valence-corrected chi connectivity index (χ3v) is 8.34. The van der Waals surface area contributed by atoms with Gasteiger partial charge in [0.1, 0.15) is 23.2 Å². The number of fused-ring (bicyclic) bond motifs is 1. The highest BCUT2D eigenvalue weighted by atomic mass is 19.4. The summed E-state index contributed by atoms with van der Waals surface area (Å²) in [4.78, 5) is 40.3. The van der Waals surface area contributed by atoms with Gasteiger partial charge in [-0.25, -0.2) is 14.4 Å². The first-order chi connectivity index (χ1) is 22.4. The maximum atomic E-state index is 14.6. The normalized spacial score (nSPS) is 19.3. The SMILES string of the molecule is COc1cc(OC(=O)[C@](OC)(c2ccccc2)C(F)(F)F)c2c(c1C)[C@](C)([C@H](C)OC(=O)[C@](OC)(c1ccccc1)C(F)(F)F)OC2=O. The average molecular weight is 685 g/mol. The lowest BCUT2D eigenvalue weighted by atomic mass is 9.85. The zero-order valence-corrected chi connectivity index (χ0v) is 26.4. The molecule has 0 amide bonds. The van der Waals surface area contributed by atoms with Crippen molar-refractivity contribution in [2.24, 2.45) is 0 Å². The molecule has 0 unspecified atom stereocenters. The van der Waals surface area contributed by atoms with E-state index in [1.807, 2.05) is 0 Å². The number of rotatable bonds is 10. The molecule has 4 rings (SSSR count). The van der Waals surface area contributed by atoms with E-state index in [4.69, 9.17) is 28.4 Å². The van der Waals surface area contributed by atoms with Gasteiger partial charge in [-0.3, -0.25) is 0 Å². The summed E-state index contributed by atoms with van der Waals surface area (Å²) < 4.78 is 118. The quantitative estimate of drug-likeness (QED) is 0.136. The Labute approximate surface area is 270 Å². The van der Waals surface area contributed by atoms with Crippen LogP contribution in [0.3, 0.4) is 0 Å². The lowest BCUT2D eigenvalue weighted by Gasteiger charge is -2.37. The van der Waals surface area contributed by atoms with Gasteiger partial charge in [0.15, 0.2) is 5.60 Å². The Hall–Kier alpha value is -4.63. The highest BCUT2D eigenvalue weighted by molar-refractivity contribution is 6.00. The lowest BCUT2D eigenvalue weighted by molar-refractivity contribution is -0.280. The highest BCUT2D eigenvalue weighted by Gasteiger charge is 2.66. The smallest absolute Gasteiger partial charge is 0.432 e. The van der Waals surface area contributed by atoms with Gasteiger partial charge < -0.3 is 28.4 Å². The van der Waals surface area contributed by atoms with Crippen LogP contribution in [0, 0.1) is 6.92 Å². The van der Waals surface area contributed by atoms with Gasteiger partial charge in [-0.2, -0.15) is 26.3 Å². The minimum atomic E-state index is -5.36. The van der Waals surface area contributed by atoms with Crippen LogP contribution >= 0.6 is 0 Å². The van der Waals surface area contributed by atoms with Crippen molar-refractivity contribution in [3.8, 4) is 11.5 Å². The summed E-state index contributed by atoms with van der Waals surface area (Å²) in [5.74, 6) is -5.96. The predicted molar refractivity (Wildman–Crippen MR) is 154 cm³/mol. The molecule has 1 aliphatic rings. The Morgan fingerprint density at radius 2 is 1.23 bits per heavy atom. The molecule has 1 heterocycles. The molecule has 3 aromatic carbocycles. The second-order valence-corrected chi connectivity index (χ2v) is 10.9. The van der Waals surface area contributed by atoms with E-state index in [2.05, 4.69) is 0 Å². The summed E-state index contributed by atoms with van der Waals surface area (Å²) in [6.45, 7) is 3.76. The molecule has 9 nitrogen and oxygen atoms in total. The Kier molecular flexibility index (Phi) is 9.63. The largest absolute Gasteiger partial charge is 0.496 e. The predicted octanol–water partition coefficient (Wildman–Crippen LogP) is 6.43. The summed E-state index contributed by atoms with van der Waals surface area (Å²) in [7, 11) is 2.50. The van der Waals surface area contributed by atoms with Crippen molar-refractivity contribution in [3.63, 3.8) is 0 Å². The molecule has 0 fully saturated rings. The van der Waals surface area contributed by atoms with Crippen LogP contribution in [0.1, 0.15) is 46.5 Å². The van der Waals surface area contributed by atoms with Crippen molar-refractivity contribution in [2.45, 2.75) is 56.0 Å². The van der Waals surface area contributed by atoms with Gasteiger partial charge in [0, 0.05) is 37.0 Å². The second-order valence-electron chi connectivity index (χ2n) is 10.9. The standard InChI is InChI=1S/C33H30F6O9/c1-18-22(43-4)17-23(47-28(42)31(45-6,33(37,38)39)21-15-11-8-12-16-21)24-25(18)29(3,48-26(24)40)19(2)46-27(41)30(44-5,32(34,35)36)20-13-9-7-10-14-20/h7-17,19H,1-6H3/t19-,29-,30+,31+/m0/s1. The van der Waals surface area contributed by atoms with E-state index >= 15 is 0 Å². The Morgan fingerprint density at radius 1 is 0.771 bits per heavy atom. The van der Waals surface area contributed by atoms with Crippen LogP contribution in [0.15, 0.2) is 66.7 Å². The molecule has 4 atom stereocenters. The number of halogens is 6. The molecule has 0 radical (unpaired) electrons. The van der Waals surface area contributed by atoms with Crippen LogP contribution in [0.5, 0.6) is 11.5 Å². The molecule has 258 valence electrons. The molecule has 0 N–H and O–H groups in total. The van der Waals surface area contributed by atoms with Crippen molar-refractivity contribution in [1.29, 1.82) is 0 Å². The van der Waals surface area contributed by atoms with Crippen molar-refractivity contribution < 1.29 is 69.1 Å². The number of benzene rings is 3. The number of methoxy groups -OCH3 is 3. The van der Waals surface area contributed by atoms with Crippen LogP contribution in [0.2, 0.25) is 0 Å². The minimum absolute atomic E-state index is 0.111. The number of alkyl halides is 6. The van der Waals surface area contributed by atoms with Gasteiger partial charge >= 0.3 is 30.3 Å². The van der Waals surface area contributed by atoms with Gasteiger partial charge in [-0.05, 0) is 26.3 Å². The van der Waals surface area contributed by atoms with Crippen molar-refractivity contribution in [2.75, 3.05) is 21.3 Å². The fraction of sp³-hybridized carbons (Fsp3) is 0.364. The topological polar surface area (TPSA) is 107 Å². The van der Waals surface area contributed by atoms with Crippen molar-refractivity contribution >= 4 is 17.9 Å². The fourth-order valence-electron chi connectivity index (χ4n) is 5.73. The molecule has 0 spiro atoms. The van der Waals surface area contributed by atoms with E-state index < -0.39 is 75.6 Å². The van der Waals surface area contributed by atoms with Gasteiger partial charge in [-0.15, -0.1) is 0 Å².